The molecule has 1 heteroatoms. The van der Waals surface area contributed by atoms with Crippen molar-refractivity contribution in [3.05, 3.63) is 11.8 Å². The van der Waals surface area contributed by atoms with Crippen LogP contribution in [0.15, 0.2) is 11.8 Å². The van der Waals surface area contributed by atoms with E-state index in [0.717, 1.165) is 5.70 Å². The molecule has 0 radical (unpaired) electrons. The lowest BCUT2D eigenvalue weighted by molar-refractivity contribution is 0.297. The smallest absolute Gasteiger partial charge is 0.0100 e. The van der Waals surface area contributed by atoms with Gasteiger partial charge in [-0.25, -0.2) is 0 Å². The molecular weight excluding hydrogens is 158 g/mol. The Hall–Kier alpha value is -0.460. The van der Waals surface area contributed by atoms with Crippen molar-refractivity contribution in [2.45, 2.75) is 58.8 Å². The monoisotopic (exact) mass is 181 g/mol. The topological polar surface area (TPSA) is 26.0 Å². The Morgan fingerprint density at radius 2 is 2.23 bits per heavy atom. The summed E-state index contributed by atoms with van der Waals surface area (Å²) >= 11 is 0. The fourth-order valence-corrected chi connectivity index (χ4v) is 2.18. The molecule has 0 saturated heterocycles. The molecule has 0 aromatic heterocycles. The van der Waals surface area contributed by atoms with Gasteiger partial charge in [0.25, 0.3) is 0 Å². The first-order chi connectivity index (χ1) is 6.19. The van der Waals surface area contributed by atoms with E-state index in [9.17, 15) is 0 Å². The minimum atomic E-state index is 0.327. The van der Waals surface area contributed by atoms with Crippen LogP contribution in [0.1, 0.15) is 58.8 Å². The van der Waals surface area contributed by atoms with Gasteiger partial charge in [0.15, 0.2) is 0 Å². The first kappa shape index (κ1) is 10.6. The summed E-state index contributed by atoms with van der Waals surface area (Å²) in [5.41, 5.74) is 7.53. The lowest BCUT2D eigenvalue weighted by atomic mass is 9.74. The molecule has 0 amide bonds. The zero-order valence-electron chi connectivity index (χ0n) is 9.10. The van der Waals surface area contributed by atoms with E-state index in [0.29, 0.717) is 5.41 Å². The van der Waals surface area contributed by atoms with Crippen molar-refractivity contribution < 1.29 is 0 Å². The maximum atomic E-state index is 6.06. The van der Waals surface area contributed by atoms with Gasteiger partial charge in [-0.15, -0.1) is 0 Å². The van der Waals surface area contributed by atoms with Crippen molar-refractivity contribution in [3.8, 4) is 0 Å². The second-order valence-corrected chi connectivity index (χ2v) is 4.57. The van der Waals surface area contributed by atoms with Gasteiger partial charge in [-0.1, -0.05) is 39.2 Å². The van der Waals surface area contributed by atoms with Crippen molar-refractivity contribution in [2.24, 2.45) is 11.1 Å². The molecule has 1 aliphatic carbocycles. The van der Waals surface area contributed by atoms with Crippen LogP contribution in [-0.2, 0) is 0 Å². The summed E-state index contributed by atoms with van der Waals surface area (Å²) in [5, 5.41) is 0. The quantitative estimate of drug-likeness (QED) is 0.659. The second kappa shape index (κ2) is 4.69. The highest BCUT2D eigenvalue weighted by atomic mass is 14.6. The summed E-state index contributed by atoms with van der Waals surface area (Å²) < 4.78 is 0. The zero-order valence-corrected chi connectivity index (χ0v) is 9.10. The Balaban J connectivity index is 2.43. The van der Waals surface area contributed by atoms with Crippen LogP contribution in [-0.4, -0.2) is 0 Å². The Bertz CT molecular complexity index is 184. The third-order valence-electron chi connectivity index (χ3n) is 3.33. The first-order valence-electron chi connectivity index (χ1n) is 5.65. The molecule has 1 nitrogen and oxygen atoms in total. The normalized spacial score (nSPS) is 28.6. The van der Waals surface area contributed by atoms with Crippen molar-refractivity contribution in [1.29, 1.82) is 0 Å². The Morgan fingerprint density at radius 3 is 2.85 bits per heavy atom. The van der Waals surface area contributed by atoms with Gasteiger partial charge in [0.1, 0.15) is 0 Å². The van der Waals surface area contributed by atoms with E-state index in [4.69, 9.17) is 5.73 Å². The van der Waals surface area contributed by atoms with Crippen molar-refractivity contribution >= 4 is 0 Å². The molecule has 13 heavy (non-hydrogen) atoms. The van der Waals surface area contributed by atoms with Gasteiger partial charge in [-0.2, -0.15) is 0 Å². The molecule has 0 aliphatic heterocycles. The standard InChI is InChI=1S/C12H23N/c1-3-4-6-9-12(2)10-7-5-8-11(12)13/h8H,3-7,9-10,13H2,1-2H3. The van der Waals surface area contributed by atoms with Crippen LogP contribution in [0, 0.1) is 5.41 Å². The molecule has 0 aromatic carbocycles. The first-order valence-corrected chi connectivity index (χ1v) is 5.65. The van der Waals surface area contributed by atoms with Crippen LogP contribution < -0.4 is 5.73 Å². The molecule has 1 rings (SSSR count). The average Bonchev–Trinajstić information content (AvgIpc) is 2.11. The zero-order chi connectivity index (χ0) is 9.73. The summed E-state index contributed by atoms with van der Waals surface area (Å²) in [7, 11) is 0. The van der Waals surface area contributed by atoms with Gasteiger partial charge in [-0.3, -0.25) is 0 Å². The fourth-order valence-electron chi connectivity index (χ4n) is 2.18. The minimum Gasteiger partial charge on any atom is -0.402 e. The average molecular weight is 181 g/mol. The number of unbranched alkanes of at least 4 members (excludes halogenated alkanes) is 2. The molecule has 0 fully saturated rings. The summed E-state index contributed by atoms with van der Waals surface area (Å²) in [4.78, 5) is 0. The molecule has 76 valence electrons. The van der Waals surface area contributed by atoms with E-state index < -0.39 is 0 Å². The van der Waals surface area contributed by atoms with Crippen LogP contribution in [0.25, 0.3) is 0 Å². The van der Waals surface area contributed by atoms with E-state index in [-0.39, 0.29) is 0 Å². The number of hydrogen-bond acceptors (Lipinski definition) is 1. The highest BCUT2D eigenvalue weighted by Gasteiger charge is 2.28. The predicted octanol–water partition coefficient (Wildman–Crippen LogP) is 3.60. The maximum absolute atomic E-state index is 6.06. The summed E-state index contributed by atoms with van der Waals surface area (Å²) in [6.07, 6.45) is 11.3. The minimum absolute atomic E-state index is 0.327. The fraction of sp³-hybridized carbons (Fsp3) is 0.833. The lowest BCUT2D eigenvalue weighted by Gasteiger charge is -2.33. The molecule has 0 heterocycles. The van der Waals surface area contributed by atoms with Crippen molar-refractivity contribution in [1.82, 2.24) is 0 Å². The van der Waals surface area contributed by atoms with Crippen LogP contribution in [0.2, 0.25) is 0 Å². The Kier molecular flexibility index (Phi) is 3.83. The van der Waals surface area contributed by atoms with Crippen LogP contribution in [0.5, 0.6) is 0 Å². The van der Waals surface area contributed by atoms with Gasteiger partial charge in [0, 0.05) is 11.1 Å². The summed E-state index contributed by atoms with van der Waals surface area (Å²) in [6, 6.07) is 0. The van der Waals surface area contributed by atoms with Gasteiger partial charge in [0.2, 0.25) is 0 Å². The maximum Gasteiger partial charge on any atom is 0.0100 e. The van der Waals surface area contributed by atoms with Crippen LogP contribution in [0.3, 0.4) is 0 Å². The lowest BCUT2D eigenvalue weighted by Crippen LogP contribution is -2.27. The van der Waals surface area contributed by atoms with E-state index in [1.54, 1.807) is 0 Å². The SMILES string of the molecule is CCCCCC1(C)CCCC=C1N. The molecule has 1 aliphatic rings. The Morgan fingerprint density at radius 1 is 1.46 bits per heavy atom. The number of allylic oxidation sites excluding steroid dienone is 2. The van der Waals surface area contributed by atoms with Crippen LogP contribution in [0.4, 0.5) is 0 Å². The number of rotatable bonds is 4. The largest absolute Gasteiger partial charge is 0.402 e. The molecule has 0 aromatic rings. The molecular formula is C12H23N. The molecule has 0 bridgehead atoms. The van der Waals surface area contributed by atoms with E-state index in [2.05, 4.69) is 19.9 Å². The summed E-state index contributed by atoms with van der Waals surface area (Å²) in [6.45, 7) is 4.58. The third-order valence-corrected chi connectivity index (χ3v) is 3.33. The Labute approximate surface area is 82.4 Å². The summed E-state index contributed by atoms with van der Waals surface area (Å²) in [5.74, 6) is 0. The van der Waals surface area contributed by atoms with Gasteiger partial charge in [-0.05, 0) is 25.7 Å². The molecule has 1 unspecified atom stereocenters. The molecule has 0 spiro atoms. The van der Waals surface area contributed by atoms with E-state index >= 15 is 0 Å². The van der Waals surface area contributed by atoms with E-state index in [1.165, 1.54) is 44.9 Å². The number of nitrogens with two attached hydrogens (primary N) is 1. The van der Waals surface area contributed by atoms with E-state index in [1.807, 2.05) is 0 Å². The van der Waals surface area contributed by atoms with Crippen molar-refractivity contribution in [2.75, 3.05) is 0 Å². The molecule has 2 N–H and O–H groups in total. The van der Waals surface area contributed by atoms with Crippen LogP contribution >= 0.6 is 0 Å². The van der Waals surface area contributed by atoms with Gasteiger partial charge >= 0.3 is 0 Å². The highest BCUT2D eigenvalue weighted by molar-refractivity contribution is 5.12. The molecule has 1 atom stereocenters. The third kappa shape index (κ3) is 2.75. The van der Waals surface area contributed by atoms with Gasteiger partial charge < -0.3 is 5.73 Å². The second-order valence-electron chi connectivity index (χ2n) is 4.57. The predicted molar refractivity (Wildman–Crippen MR) is 58.4 cm³/mol. The van der Waals surface area contributed by atoms with Crippen molar-refractivity contribution in [3.63, 3.8) is 0 Å². The molecule has 0 saturated carbocycles. The van der Waals surface area contributed by atoms with Gasteiger partial charge in [0.05, 0.1) is 0 Å². The highest BCUT2D eigenvalue weighted by Crippen LogP contribution is 2.38. The number of hydrogen-bond donors (Lipinski definition) is 1.